The Morgan fingerprint density at radius 1 is 1.36 bits per heavy atom. The molecule has 2 aliphatic rings. The lowest BCUT2D eigenvalue weighted by atomic mass is 9.72. The lowest BCUT2D eigenvalue weighted by Gasteiger charge is -2.43. The van der Waals surface area contributed by atoms with E-state index in [2.05, 4.69) is 17.2 Å². The summed E-state index contributed by atoms with van der Waals surface area (Å²) in [4.78, 5) is 2.49. The molecule has 1 aliphatic carbocycles. The molecule has 1 saturated heterocycles. The van der Waals surface area contributed by atoms with Crippen molar-refractivity contribution in [2.24, 2.45) is 11.7 Å². The Balaban J connectivity index is 2.07. The van der Waals surface area contributed by atoms with Crippen LogP contribution >= 0.6 is 23.4 Å². The van der Waals surface area contributed by atoms with Gasteiger partial charge in [-0.3, -0.25) is 0 Å². The molecule has 0 bridgehead atoms. The summed E-state index contributed by atoms with van der Waals surface area (Å²) in [5.74, 6) is 0.220. The number of rotatable bonds is 6. The summed E-state index contributed by atoms with van der Waals surface area (Å²) in [7, 11) is 0. The van der Waals surface area contributed by atoms with Crippen molar-refractivity contribution in [1.29, 1.82) is 0 Å². The maximum Gasteiger partial charge on any atom is 0.0725 e. The average Bonchev–Trinajstić information content (AvgIpc) is 2.52. The molecule has 128 valence electrons. The monoisotopic (exact) mass is 346 g/mol. The molecular weight excluding hydrogens is 316 g/mol. The third kappa shape index (κ3) is 5.13. The standard InChI is InChI=1S/C17H31ClN2OS/c1-14(12-22-13-18)16(17(21)7-3-2-4-8-17)11-20-9-5-15(19)6-10-20/h12,15-16,21H,2-11,13,19H2,1H3/b14-12+. The fraction of sp³-hybridized carbons (Fsp3) is 0.882. The first-order chi connectivity index (χ1) is 10.5. The molecule has 0 spiro atoms. The second-order valence-corrected chi connectivity index (χ2v) is 8.43. The van der Waals surface area contributed by atoms with Gasteiger partial charge in [0.25, 0.3) is 0 Å². The molecule has 0 aromatic rings. The van der Waals surface area contributed by atoms with Gasteiger partial charge in [0.15, 0.2) is 0 Å². The lowest BCUT2D eigenvalue weighted by Crippen LogP contribution is -2.49. The third-order valence-corrected chi connectivity index (χ3v) is 6.37. The van der Waals surface area contributed by atoms with E-state index in [1.807, 2.05) is 0 Å². The van der Waals surface area contributed by atoms with Crippen LogP contribution in [0.1, 0.15) is 51.9 Å². The van der Waals surface area contributed by atoms with E-state index in [0.717, 1.165) is 58.2 Å². The van der Waals surface area contributed by atoms with Gasteiger partial charge in [0.2, 0.25) is 0 Å². The Kier molecular flexibility index (Phi) is 7.55. The number of hydrogen-bond donors (Lipinski definition) is 2. The fourth-order valence-corrected chi connectivity index (χ4v) is 4.57. The first-order valence-electron chi connectivity index (χ1n) is 8.60. The summed E-state index contributed by atoms with van der Waals surface area (Å²) < 4.78 is 0. The van der Waals surface area contributed by atoms with Crippen LogP contribution in [0, 0.1) is 5.92 Å². The summed E-state index contributed by atoms with van der Waals surface area (Å²) in [6.07, 6.45) is 7.56. The highest BCUT2D eigenvalue weighted by Gasteiger charge is 2.39. The van der Waals surface area contributed by atoms with Crippen LogP contribution in [0.3, 0.4) is 0 Å². The predicted octanol–water partition coefficient (Wildman–Crippen LogP) is 3.55. The molecule has 5 heteroatoms. The molecule has 3 N–H and O–H groups in total. The van der Waals surface area contributed by atoms with Gasteiger partial charge < -0.3 is 15.7 Å². The van der Waals surface area contributed by atoms with Gasteiger partial charge in [0, 0.05) is 18.5 Å². The molecule has 1 aliphatic heterocycles. The van der Waals surface area contributed by atoms with E-state index in [4.69, 9.17) is 17.3 Å². The molecule has 0 amide bonds. The van der Waals surface area contributed by atoms with Gasteiger partial charge in [-0.25, -0.2) is 0 Å². The lowest BCUT2D eigenvalue weighted by molar-refractivity contribution is -0.0478. The van der Waals surface area contributed by atoms with Crippen LogP contribution in [0.2, 0.25) is 0 Å². The summed E-state index contributed by atoms with van der Waals surface area (Å²) >= 11 is 7.43. The van der Waals surface area contributed by atoms with Crippen LogP contribution in [-0.4, -0.2) is 46.5 Å². The van der Waals surface area contributed by atoms with E-state index >= 15 is 0 Å². The highest BCUT2D eigenvalue weighted by Crippen LogP contribution is 2.39. The molecule has 2 fully saturated rings. The van der Waals surface area contributed by atoms with Crippen molar-refractivity contribution in [3.63, 3.8) is 0 Å². The van der Waals surface area contributed by atoms with Crippen LogP contribution in [0.15, 0.2) is 11.0 Å². The predicted molar refractivity (Wildman–Crippen MR) is 97.2 cm³/mol. The number of nitrogens with two attached hydrogens (primary N) is 1. The topological polar surface area (TPSA) is 49.5 Å². The minimum Gasteiger partial charge on any atom is -0.389 e. The molecule has 0 aromatic heterocycles. The van der Waals surface area contributed by atoms with Gasteiger partial charge in [-0.15, -0.1) is 23.4 Å². The first kappa shape index (κ1) is 18.6. The van der Waals surface area contributed by atoms with Crippen molar-refractivity contribution < 1.29 is 5.11 Å². The van der Waals surface area contributed by atoms with Gasteiger partial charge in [-0.05, 0) is 51.1 Å². The van der Waals surface area contributed by atoms with Gasteiger partial charge in [0.05, 0.1) is 10.8 Å². The van der Waals surface area contributed by atoms with Gasteiger partial charge >= 0.3 is 0 Å². The maximum atomic E-state index is 11.2. The summed E-state index contributed by atoms with van der Waals surface area (Å²) in [6.45, 7) is 5.23. The van der Waals surface area contributed by atoms with Crippen molar-refractivity contribution >= 4 is 23.4 Å². The zero-order chi connectivity index (χ0) is 16.0. The Bertz CT molecular complexity index is 364. The van der Waals surface area contributed by atoms with Gasteiger partial charge in [-0.1, -0.05) is 24.8 Å². The van der Waals surface area contributed by atoms with Crippen LogP contribution in [0.5, 0.6) is 0 Å². The molecule has 3 nitrogen and oxygen atoms in total. The normalized spacial score (nSPS) is 26.1. The minimum absolute atomic E-state index is 0.220. The van der Waals surface area contributed by atoms with Crippen LogP contribution in [0.25, 0.3) is 0 Å². The first-order valence-corrected chi connectivity index (χ1v) is 10.2. The third-order valence-electron chi connectivity index (χ3n) is 5.32. The number of thioether (sulfide) groups is 1. The number of aliphatic hydroxyl groups is 1. The number of alkyl halides is 1. The van der Waals surface area contributed by atoms with Crippen molar-refractivity contribution in [2.75, 3.05) is 24.8 Å². The second-order valence-electron chi connectivity index (χ2n) is 6.99. The molecule has 1 heterocycles. The van der Waals surface area contributed by atoms with E-state index in [1.165, 1.54) is 12.0 Å². The molecule has 22 heavy (non-hydrogen) atoms. The molecule has 1 atom stereocenters. The summed E-state index contributed by atoms with van der Waals surface area (Å²) in [6, 6.07) is 0.357. The number of halogens is 1. The smallest absolute Gasteiger partial charge is 0.0725 e. The van der Waals surface area contributed by atoms with E-state index in [9.17, 15) is 5.11 Å². The molecule has 0 radical (unpaired) electrons. The van der Waals surface area contributed by atoms with Crippen LogP contribution in [-0.2, 0) is 0 Å². The minimum atomic E-state index is -0.536. The zero-order valence-corrected chi connectivity index (χ0v) is 15.3. The van der Waals surface area contributed by atoms with E-state index in [0.29, 0.717) is 11.3 Å². The average molecular weight is 347 g/mol. The van der Waals surface area contributed by atoms with Crippen molar-refractivity contribution in [2.45, 2.75) is 63.5 Å². The quantitative estimate of drug-likeness (QED) is 0.722. The van der Waals surface area contributed by atoms with E-state index < -0.39 is 5.60 Å². The highest BCUT2D eigenvalue weighted by molar-refractivity contribution is 8.03. The van der Waals surface area contributed by atoms with Crippen LogP contribution in [0.4, 0.5) is 0 Å². The Morgan fingerprint density at radius 2 is 2.00 bits per heavy atom. The van der Waals surface area contributed by atoms with E-state index in [-0.39, 0.29) is 5.92 Å². The Labute approximate surface area is 144 Å². The number of hydrogen-bond acceptors (Lipinski definition) is 4. The Morgan fingerprint density at radius 3 is 2.59 bits per heavy atom. The second kappa shape index (κ2) is 8.93. The number of nitrogens with zero attached hydrogens (tertiary/aromatic N) is 1. The summed E-state index contributed by atoms with van der Waals surface area (Å²) in [5.41, 5.74) is 6.76. The highest BCUT2D eigenvalue weighted by atomic mass is 35.5. The fourth-order valence-electron chi connectivity index (χ4n) is 3.89. The summed E-state index contributed by atoms with van der Waals surface area (Å²) in [5, 5.41) is 14.0. The zero-order valence-electron chi connectivity index (χ0n) is 13.8. The molecular formula is C17H31ClN2OS. The molecule has 2 rings (SSSR count). The number of likely N-dealkylation sites (tertiary alicyclic amines) is 1. The largest absolute Gasteiger partial charge is 0.389 e. The van der Waals surface area contributed by atoms with Crippen molar-refractivity contribution in [3.05, 3.63) is 11.0 Å². The molecule has 1 saturated carbocycles. The van der Waals surface area contributed by atoms with Gasteiger partial charge in [0.1, 0.15) is 0 Å². The van der Waals surface area contributed by atoms with Crippen LogP contribution < -0.4 is 5.73 Å². The number of piperidine rings is 1. The maximum absolute atomic E-state index is 11.2. The molecule has 0 aromatic carbocycles. The Hall–Kier alpha value is 0.260. The SMILES string of the molecule is C/C(=C\SCCl)C(CN1CCC(N)CC1)C1(O)CCCCC1. The molecule has 1 unspecified atom stereocenters. The van der Waals surface area contributed by atoms with Crippen molar-refractivity contribution in [3.8, 4) is 0 Å². The van der Waals surface area contributed by atoms with Crippen molar-refractivity contribution in [1.82, 2.24) is 4.90 Å². The van der Waals surface area contributed by atoms with Gasteiger partial charge in [-0.2, -0.15) is 0 Å². The van der Waals surface area contributed by atoms with E-state index in [1.54, 1.807) is 11.8 Å².